The van der Waals surface area contributed by atoms with Crippen LogP contribution in [0.1, 0.15) is 52.4 Å². The fourth-order valence-electron chi connectivity index (χ4n) is 4.01. The molecule has 2 unspecified atom stereocenters. The van der Waals surface area contributed by atoms with Crippen LogP contribution in [0.5, 0.6) is 0 Å². The van der Waals surface area contributed by atoms with Gasteiger partial charge in [-0.3, -0.25) is 0 Å². The number of rotatable bonds is 4. The van der Waals surface area contributed by atoms with Crippen LogP contribution in [-0.2, 0) is 0 Å². The van der Waals surface area contributed by atoms with Crippen LogP contribution in [0.15, 0.2) is 24.3 Å². The van der Waals surface area contributed by atoms with Gasteiger partial charge >= 0.3 is 0 Å². The van der Waals surface area contributed by atoms with E-state index in [4.69, 9.17) is 0 Å². The second-order valence-corrected chi connectivity index (χ2v) is 7.22. The lowest BCUT2D eigenvalue weighted by Gasteiger charge is -2.34. The van der Waals surface area contributed by atoms with Crippen molar-refractivity contribution in [2.24, 2.45) is 11.8 Å². The van der Waals surface area contributed by atoms with E-state index in [1.165, 1.54) is 63.0 Å². The number of hydrogen-bond acceptors (Lipinski definition) is 2. The first kappa shape index (κ1) is 14.7. The number of anilines is 2. The number of nitrogens with one attached hydrogen (secondary N) is 1. The van der Waals surface area contributed by atoms with Crippen LogP contribution >= 0.6 is 0 Å². The highest BCUT2D eigenvalue weighted by atomic mass is 15.2. The molecule has 1 aliphatic carbocycles. The Morgan fingerprint density at radius 3 is 2.57 bits per heavy atom. The van der Waals surface area contributed by atoms with E-state index in [1.807, 2.05) is 0 Å². The molecule has 1 aliphatic heterocycles. The summed E-state index contributed by atoms with van der Waals surface area (Å²) in [5.74, 6) is 1.72. The Morgan fingerprint density at radius 1 is 1.05 bits per heavy atom. The summed E-state index contributed by atoms with van der Waals surface area (Å²) in [5.41, 5.74) is 2.77. The van der Waals surface area contributed by atoms with E-state index in [0.717, 1.165) is 11.8 Å². The third kappa shape index (κ3) is 3.53. The maximum absolute atomic E-state index is 3.87. The topological polar surface area (TPSA) is 15.3 Å². The molecule has 2 nitrogen and oxygen atoms in total. The standard InChI is InChI=1S/C19H30N2/c1-15(2)16-8-7-9-17(14-16)20-18-10-3-4-11-19(18)21-12-5-6-13-21/h3-4,10-11,15-17,20H,5-9,12-14H2,1-2H3. The van der Waals surface area contributed by atoms with Crippen LogP contribution in [0.3, 0.4) is 0 Å². The van der Waals surface area contributed by atoms with Gasteiger partial charge in [-0.25, -0.2) is 0 Å². The van der Waals surface area contributed by atoms with Gasteiger partial charge in [0.1, 0.15) is 0 Å². The first-order valence-corrected chi connectivity index (χ1v) is 8.84. The van der Waals surface area contributed by atoms with Gasteiger partial charge < -0.3 is 10.2 Å². The Morgan fingerprint density at radius 2 is 1.81 bits per heavy atom. The molecule has 1 saturated heterocycles. The van der Waals surface area contributed by atoms with Gasteiger partial charge in [0.2, 0.25) is 0 Å². The lowest BCUT2D eigenvalue weighted by Crippen LogP contribution is -2.30. The quantitative estimate of drug-likeness (QED) is 0.845. The molecule has 0 aromatic heterocycles. The Balaban J connectivity index is 1.69. The zero-order valence-electron chi connectivity index (χ0n) is 13.6. The van der Waals surface area contributed by atoms with Crippen molar-refractivity contribution in [3.05, 3.63) is 24.3 Å². The van der Waals surface area contributed by atoms with Gasteiger partial charge in [-0.05, 0) is 49.7 Å². The summed E-state index contributed by atoms with van der Waals surface area (Å²) < 4.78 is 0. The molecule has 0 bridgehead atoms. The van der Waals surface area contributed by atoms with Crippen molar-refractivity contribution < 1.29 is 0 Å². The molecule has 1 N–H and O–H groups in total. The molecule has 3 rings (SSSR count). The highest BCUT2D eigenvalue weighted by molar-refractivity contribution is 5.70. The van der Waals surface area contributed by atoms with E-state index in [-0.39, 0.29) is 0 Å². The number of hydrogen-bond donors (Lipinski definition) is 1. The number of benzene rings is 1. The van der Waals surface area contributed by atoms with Crippen LogP contribution in [-0.4, -0.2) is 19.1 Å². The Kier molecular flexibility index (Phi) is 4.72. The minimum Gasteiger partial charge on any atom is -0.381 e. The molecule has 1 saturated carbocycles. The van der Waals surface area contributed by atoms with Crippen molar-refractivity contribution in [2.75, 3.05) is 23.3 Å². The molecule has 1 aromatic rings. The average Bonchev–Trinajstić information content (AvgIpc) is 3.02. The molecular weight excluding hydrogens is 256 g/mol. The monoisotopic (exact) mass is 286 g/mol. The van der Waals surface area contributed by atoms with E-state index in [2.05, 4.69) is 48.3 Å². The van der Waals surface area contributed by atoms with Crippen LogP contribution < -0.4 is 10.2 Å². The molecule has 2 heteroatoms. The van der Waals surface area contributed by atoms with E-state index in [1.54, 1.807) is 0 Å². The van der Waals surface area contributed by atoms with E-state index < -0.39 is 0 Å². The first-order valence-electron chi connectivity index (χ1n) is 8.84. The van der Waals surface area contributed by atoms with Gasteiger partial charge in [0, 0.05) is 19.1 Å². The molecule has 1 heterocycles. The Hall–Kier alpha value is -1.18. The molecular formula is C19H30N2. The van der Waals surface area contributed by atoms with Gasteiger partial charge in [-0.1, -0.05) is 38.8 Å². The molecule has 2 atom stereocenters. The maximum atomic E-state index is 3.87. The summed E-state index contributed by atoms with van der Waals surface area (Å²) in [7, 11) is 0. The SMILES string of the molecule is CC(C)C1CCCC(Nc2ccccc2N2CCCC2)C1. The summed E-state index contributed by atoms with van der Waals surface area (Å²) in [6.07, 6.45) is 8.15. The van der Waals surface area contributed by atoms with Gasteiger partial charge in [-0.15, -0.1) is 0 Å². The van der Waals surface area contributed by atoms with Crippen LogP contribution in [0.25, 0.3) is 0 Å². The lowest BCUT2D eigenvalue weighted by molar-refractivity contribution is 0.264. The van der Waals surface area contributed by atoms with Gasteiger partial charge in [0.15, 0.2) is 0 Å². The van der Waals surface area contributed by atoms with Crippen molar-refractivity contribution in [3.63, 3.8) is 0 Å². The van der Waals surface area contributed by atoms with Crippen molar-refractivity contribution in [1.29, 1.82) is 0 Å². The second kappa shape index (κ2) is 6.72. The van der Waals surface area contributed by atoms with Gasteiger partial charge in [-0.2, -0.15) is 0 Å². The fourth-order valence-corrected chi connectivity index (χ4v) is 4.01. The zero-order chi connectivity index (χ0) is 14.7. The Labute approximate surface area is 129 Å². The minimum atomic E-state index is 0.662. The normalized spacial score (nSPS) is 26.3. The van der Waals surface area contributed by atoms with Crippen LogP contribution in [0.4, 0.5) is 11.4 Å². The zero-order valence-corrected chi connectivity index (χ0v) is 13.6. The highest BCUT2D eigenvalue weighted by Gasteiger charge is 2.25. The van der Waals surface area contributed by atoms with Crippen LogP contribution in [0.2, 0.25) is 0 Å². The van der Waals surface area contributed by atoms with Crippen molar-refractivity contribution in [1.82, 2.24) is 0 Å². The third-order valence-corrected chi connectivity index (χ3v) is 5.37. The lowest BCUT2D eigenvalue weighted by atomic mass is 9.79. The van der Waals surface area contributed by atoms with Crippen molar-refractivity contribution in [3.8, 4) is 0 Å². The smallest absolute Gasteiger partial charge is 0.0602 e. The molecule has 1 aromatic carbocycles. The summed E-state index contributed by atoms with van der Waals surface area (Å²) >= 11 is 0. The number of para-hydroxylation sites is 2. The second-order valence-electron chi connectivity index (χ2n) is 7.22. The molecule has 21 heavy (non-hydrogen) atoms. The third-order valence-electron chi connectivity index (χ3n) is 5.37. The largest absolute Gasteiger partial charge is 0.381 e. The predicted octanol–water partition coefficient (Wildman–Crippen LogP) is 4.91. The molecule has 2 aliphatic rings. The van der Waals surface area contributed by atoms with Crippen molar-refractivity contribution >= 4 is 11.4 Å². The van der Waals surface area contributed by atoms with E-state index in [0.29, 0.717) is 6.04 Å². The molecule has 2 fully saturated rings. The molecule has 0 radical (unpaired) electrons. The van der Waals surface area contributed by atoms with Gasteiger partial charge in [0.25, 0.3) is 0 Å². The van der Waals surface area contributed by atoms with Crippen molar-refractivity contribution in [2.45, 2.75) is 58.4 Å². The summed E-state index contributed by atoms with van der Waals surface area (Å²) in [4.78, 5) is 2.55. The first-order chi connectivity index (χ1) is 10.2. The minimum absolute atomic E-state index is 0.662. The van der Waals surface area contributed by atoms with E-state index in [9.17, 15) is 0 Å². The van der Waals surface area contributed by atoms with Gasteiger partial charge in [0.05, 0.1) is 11.4 Å². The molecule has 0 spiro atoms. The summed E-state index contributed by atoms with van der Waals surface area (Å²) in [6, 6.07) is 9.57. The average molecular weight is 286 g/mol. The van der Waals surface area contributed by atoms with Crippen LogP contribution in [0, 0.1) is 11.8 Å². The molecule has 0 amide bonds. The Bertz CT molecular complexity index is 449. The maximum Gasteiger partial charge on any atom is 0.0602 e. The molecule has 116 valence electrons. The highest BCUT2D eigenvalue weighted by Crippen LogP contribution is 2.34. The number of nitrogens with zero attached hydrogens (tertiary/aromatic N) is 1. The predicted molar refractivity (Wildman–Crippen MR) is 92.1 cm³/mol. The fraction of sp³-hybridized carbons (Fsp3) is 0.684. The summed E-state index contributed by atoms with van der Waals surface area (Å²) in [6.45, 7) is 7.20. The summed E-state index contributed by atoms with van der Waals surface area (Å²) in [5, 5.41) is 3.87. The van der Waals surface area contributed by atoms with E-state index >= 15 is 0 Å².